The second-order valence-corrected chi connectivity index (χ2v) is 4.28. The molecule has 0 saturated heterocycles. The molecule has 19 heavy (non-hydrogen) atoms. The predicted octanol–water partition coefficient (Wildman–Crippen LogP) is 0.887. The largest absolute Gasteiger partial charge is 0.493 e. The van der Waals surface area contributed by atoms with E-state index in [2.05, 4.69) is 5.32 Å². The average molecular weight is 267 g/mol. The van der Waals surface area contributed by atoms with Crippen LogP contribution < -0.4 is 10.1 Å². The van der Waals surface area contributed by atoms with E-state index in [0.29, 0.717) is 6.61 Å². The fraction of sp³-hybridized carbons (Fsp3) is 0.500. The van der Waals surface area contributed by atoms with E-state index in [1.807, 2.05) is 31.2 Å². The number of aliphatic hydroxyl groups excluding tert-OH is 1. The molecule has 0 spiro atoms. The smallest absolute Gasteiger partial charge is 0.223 e. The van der Waals surface area contributed by atoms with Crippen molar-refractivity contribution in [3.05, 3.63) is 29.8 Å². The molecule has 0 aliphatic heterocycles. The van der Waals surface area contributed by atoms with E-state index in [0.717, 1.165) is 11.3 Å². The molecule has 1 amide bonds. The predicted molar refractivity (Wildman–Crippen MR) is 72.2 cm³/mol. The Labute approximate surface area is 113 Å². The number of aryl methyl sites for hydroxylation is 1. The normalized spacial score (nSPS) is 11.9. The van der Waals surface area contributed by atoms with E-state index in [1.165, 1.54) is 7.11 Å². The third-order valence-corrected chi connectivity index (χ3v) is 2.57. The number of hydrogen-bond donors (Lipinski definition) is 2. The average Bonchev–Trinajstić information content (AvgIpc) is 2.39. The van der Waals surface area contributed by atoms with Gasteiger partial charge in [0.1, 0.15) is 5.75 Å². The van der Waals surface area contributed by atoms with Crippen molar-refractivity contribution in [3.8, 4) is 5.75 Å². The molecule has 0 aliphatic carbocycles. The summed E-state index contributed by atoms with van der Waals surface area (Å²) in [4.78, 5) is 11.5. The zero-order valence-corrected chi connectivity index (χ0v) is 11.4. The maximum absolute atomic E-state index is 11.5. The Morgan fingerprint density at radius 1 is 1.42 bits per heavy atom. The minimum Gasteiger partial charge on any atom is -0.493 e. The highest BCUT2D eigenvalue weighted by molar-refractivity contribution is 5.76. The Kier molecular flexibility index (Phi) is 6.92. The van der Waals surface area contributed by atoms with E-state index in [4.69, 9.17) is 9.47 Å². The Morgan fingerprint density at radius 3 is 2.84 bits per heavy atom. The second kappa shape index (κ2) is 8.50. The van der Waals surface area contributed by atoms with E-state index in [9.17, 15) is 9.90 Å². The fourth-order valence-electron chi connectivity index (χ4n) is 1.54. The summed E-state index contributed by atoms with van der Waals surface area (Å²) in [6.07, 6.45) is -0.417. The van der Waals surface area contributed by atoms with Gasteiger partial charge >= 0.3 is 0 Å². The highest BCUT2D eigenvalue weighted by Crippen LogP contribution is 2.15. The Morgan fingerprint density at radius 2 is 2.16 bits per heavy atom. The molecule has 5 heteroatoms. The lowest BCUT2D eigenvalue weighted by atomic mass is 10.2. The summed E-state index contributed by atoms with van der Waals surface area (Å²) in [6.45, 7) is 2.67. The topological polar surface area (TPSA) is 67.8 Å². The quantitative estimate of drug-likeness (QED) is 0.734. The summed E-state index contributed by atoms with van der Waals surface area (Å²) in [7, 11) is 1.50. The molecule has 5 nitrogen and oxygen atoms in total. The van der Waals surface area contributed by atoms with Gasteiger partial charge in [0.2, 0.25) is 5.91 Å². The molecule has 1 unspecified atom stereocenters. The number of aliphatic hydroxyl groups is 1. The lowest BCUT2D eigenvalue weighted by Crippen LogP contribution is -2.34. The van der Waals surface area contributed by atoms with Gasteiger partial charge in [-0.25, -0.2) is 0 Å². The van der Waals surface area contributed by atoms with E-state index < -0.39 is 6.10 Å². The van der Waals surface area contributed by atoms with E-state index >= 15 is 0 Å². The monoisotopic (exact) mass is 267 g/mol. The first kappa shape index (κ1) is 15.5. The number of carbonyl (C=O) groups excluding carboxylic acids is 1. The van der Waals surface area contributed by atoms with Crippen LogP contribution in [-0.2, 0) is 9.53 Å². The number of benzene rings is 1. The first-order chi connectivity index (χ1) is 9.13. The molecule has 0 bridgehead atoms. The van der Waals surface area contributed by atoms with Crippen molar-refractivity contribution in [2.75, 3.05) is 26.9 Å². The van der Waals surface area contributed by atoms with Gasteiger partial charge in [-0.1, -0.05) is 18.2 Å². The van der Waals surface area contributed by atoms with Crippen LogP contribution in [0.3, 0.4) is 0 Å². The maximum Gasteiger partial charge on any atom is 0.223 e. The van der Waals surface area contributed by atoms with Crippen molar-refractivity contribution in [1.29, 1.82) is 0 Å². The Bertz CT molecular complexity index is 395. The molecular formula is C14H21NO4. The number of amides is 1. The van der Waals surface area contributed by atoms with Gasteiger partial charge in [-0.3, -0.25) is 4.79 Å². The SMILES string of the molecule is COCC(O)CNC(=O)CCOc1ccccc1C. The van der Waals surface area contributed by atoms with Gasteiger partial charge in [0.05, 0.1) is 25.7 Å². The van der Waals surface area contributed by atoms with Crippen molar-refractivity contribution in [1.82, 2.24) is 5.32 Å². The van der Waals surface area contributed by atoms with Crippen LogP contribution in [0.25, 0.3) is 0 Å². The van der Waals surface area contributed by atoms with Gasteiger partial charge in [0.25, 0.3) is 0 Å². The summed E-state index contributed by atoms with van der Waals surface area (Å²) >= 11 is 0. The van der Waals surface area contributed by atoms with E-state index in [1.54, 1.807) is 0 Å². The molecule has 2 N–H and O–H groups in total. The molecule has 0 saturated carbocycles. The van der Waals surface area contributed by atoms with Crippen LogP contribution in [-0.4, -0.2) is 44.0 Å². The summed E-state index contributed by atoms with van der Waals surface area (Å²) in [5.74, 6) is 0.637. The molecule has 1 aromatic carbocycles. The molecule has 0 fully saturated rings. The first-order valence-corrected chi connectivity index (χ1v) is 6.25. The van der Waals surface area contributed by atoms with Crippen LogP contribution in [0, 0.1) is 6.92 Å². The Balaban J connectivity index is 2.19. The number of carbonyl (C=O) groups is 1. The zero-order valence-electron chi connectivity index (χ0n) is 11.4. The van der Waals surface area contributed by atoms with Crippen molar-refractivity contribution in [2.45, 2.75) is 19.4 Å². The van der Waals surface area contributed by atoms with Crippen molar-refractivity contribution < 1.29 is 19.4 Å². The minimum atomic E-state index is -0.675. The standard InChI is InChI=1S/C14H21NO4/c1-11-5-3-4-6-13(11)19-8-7-14(17)15-9-12(16)10-18-2/h3-6,12,16H,7-10H2,1-2H3,(H,15,17). The van der Waals surface area contributed by atoms with Crippen LogP contribution >= 0.6 is 0 Å². The van der Waals surface area contributed by atoms with Gasteiger partial charge in [0, 0.05) is 13.7 Å². The Hall–Kier alpha value is -1.59. The van der Waals surface area contributed by atoms with Gasteiger partial charge in [-0.05, 0) is 18.6 Å². The lowest BCUT2D eigenvalue weighted by molar-refractivity contribution is -0.122. The number of para-hydroxylation sites is 1. The summed E-state index contributed by atoms with van der Waals surface area (Å²) < 4.78 is 10.3. The maximum atomic E-state index is 11.5. The summed E-state index contributed by atoms with van der Waals surface area (Å²) in [6, 6.07) is 7.65. The molecule has 106 valence electrons. The molecule has 0 heterocycles. The van der Waals surface area contributed by atoms with Crippen LogP contribution in [0.5, 0.6) is 5.75 Å². The van der Waals surface area contributed by atoms with Crippen LogP contribution in [0.2, 0.25) is 0 Å². The van der Waals surface area contributed by atoms with Crippen LogP contribution in [0.1, 0.15) is 12.0 Å². The van der Waals surface area contributed by atoms with Crippen molar-refractivity contribution in [2.24, 2.45) is 0 Å². The zero-order chi connectivity index (χ0) is 14.1. The summed E-state index contributed by atoms with van der Waals surface area (Å²) in [5, 5.41) is 12.0. The van der Waals surface area contributed by atoms with Crippen molar-refractivity contribution >= 4 is 5.91 Å². The molecule has 0 aromatic heterocycles. The van der Waals surface area contributed by atoms with E-state index in [-0.39, 0.29) is 25.5 Å². The molecular weight excluding hydrogens is 246 g/mol. The first-order valence-electron chi connectivity index (χ1n) is 6.25. The number of hydrogen-bond acceptors (Lipinski definition) is 4. The van der Waals surface area contributed by atoms with Crippen LogP contribution in [0.4, 0.5) is 0 Å². The summed E-state index contributed by atoms with van der Waals surface area (Å²) in [5.41, 5.74) is 1.04. The lowest BCUT2D eigenvalue weighted by Gasteiger charge is -2.11. The van der Waals surface area contributed by atoms with Gasteiger partial charge in [-0.15, -0.1) is 0 Å². The molecule has 0 aliphatic rings. The molecule has 1 rings (SSSR count). The molecule has 1 aromatic rings. The number of ether oxygens (including phenoxy) is 2. The number of rotatable bonds is 8. The van der Waals surface area contributed by atoms with Crippen LogP contribution in [0.15, 0.2) is 24.3 Å². The highest BCUT2D eigenvalue weighted by atomic mass is 16.5. The van der Waals surface area contributed by atoms with Gasteiger partial charge in [-0.2, -0.15) is 0 Å². The number of methoxy groups -OCH3 is 1. The third kappa shape index (κ3) is 6.22. The minimum absolute atomic E-state index is 0.149. The van der Waals surface area contributed by atoms with Crippen molar-refractivity contribution in [3.63, 3.8) is 0 Å². The second-order valence-electron chi connectivity index (χ2n) is 4.28. The molecule has 0 radical (unpaired) electrons. The van der Waals surface area contributed by atoms with Gasteiger partial charge < -0.3 is 19.9 Å². The third-order valence-electron chi connectivity index (χ3n) is 2.57. The fourth-order valence-corrected chi connectivity index (χ4v) is 1.54. The molecule has 1 atom stereocenters. The highest BCUT2D eigenvalue weighted by Gasteiger charge is 2.07. The number of nitrogens with one attached hydrogen (secondary N) is 1. The van der Waals surface area contributed by atoms with Gasteiger partial charge in [0.15, 0.2) is 0 Å².